The van der Waals surface area contributed by atoms with Crippen LogP contribution >= 0.6 is 22.4 Å². The quantitative estimate of drug-likeness (QED) is 0.634. The highest BCUT2D eigenvalue weighted by molar-refractivity contribution is 8.14. The molecule has 17 heavy (non-hydrogen) atoms. The van der Waals surface area contributed by atoms with Crippen molar-refractivity contribution in [3.8, 4) is 0 Å². The number of hydrogen-bond acceptors (Lipinski definition) is 5. The number of thioether (sulfide) groups is 1. The number of aromatic nitrogens is 3. The highest BCUT2D eigenvalue weighted by atomic mass is 35.7. The van der Waals surface area contributed by atoms with Gasteiger partial charge in [0.2, 0.25) is 9.05 Å². The van der Waals surface area contributed by atoms with E-state index in [1.165, 1.54) is 11.8 Å². The zero-order valence-electron chi connectivity index (χ0n) is 9.00. The van der Waals surface area contributed by atoms with Crippen molar-refractivity contribution in [2.45, 2.75) is 11.9 Å². The number of aryl methyl sites for hydroxylation is 1. The summed E-state index contributed by atoms with van der Waals surface area (Å²) in [6.07, 6.45) is 3.39. The third-order valence-corrected chi connectivity index (χ3v) is 4.45. The molecule has 2 heterocycles. The second-order valence-corrected chi connectivity index (χ2v) is 7.42. The zero-order valence-corrected chi connectivity index (χ0v) is 11.4. The third-order valence-electron chi connectivity index (χ3n) is 2.04. The number of rotatable bonds is 4. The maximum atomic E-state index is 10.8. The van der Waals surface area contributed by atoms with Crippen LogP contribution in [0.5, 0.6) is 0 Å². The predicted octanol–water partition coefficient (Wildman–Crippen LogP) is 1.70. The van der Waals surface area contributed by atoms with Gasteiger partial charge in [-0.25, -0.2) is 17.9 Å². The van der Waals surface area contributed by atoms with Crippen molar-refractivity contribution in [3.63, 3.8) is 0 Å². The lowest BCUT2D eigenvalue weighted by molar-refractivity contribution is 0.611. The molecule has 0 aromatic carbocycles. The molecule has 0 amide bonds. The first-order valence-electron chi connectivity index (χ1n) is 4.82. The van der Waals surface area contributed by atoms with Crippen LogP contribution in [0.15, 0.2) is 23.5 Å². The molecule has 0 saturated carbocycles. The number of fused-ring (bicyclic) bond motifs is 1. The fraction of sp³-hybridized carbons (Fsp3) is 0.333. The highest BCUT2D eigenvalue weighted by Crippen LogP contribution is 2.22. The molecule has 0 aliphatic carbocycles. The van der Waals surface area contributed by atoms with Gasteiger partial charge in [0.1, 0.15) is 5.03 Å². The van der Waals surface area contributed by atoms with Gasteiger partial charge < -0.3 is 0 Å². The van der Waals surface area contributed by atoms with Crippen molar-refractivity contribution in [1.82, 2.24) is 14.6 Å². The molecule has 0 saturated heterocycles. The van der Waals surface area contributed by atoms with Gasteiger partial charge in [0.05, 0.1) is 17.0 Å². The Morgan fingerprint density at radius 2 is 2.29 bits per heavy atom. The summed E-state index contributed by atoms with van der Waals surface area (Å²) in [5.41, 5.74) is 1.77. The molecule has 8 heteroatoms. The van der Waals surface area contributed by atoms with E-state index in [-0.39, 0.29) is 5.75 Å². The fourth-order valence-electron chi connectivity index (χ4n) is 1.37. The maximum Gasteiger partial charge on any atom is 0.233 e. The standard InChI is InChI=1S/C9H10ClN3O2S2/c1-7-6-8-9(11-2-3-13(8)12-7)16-4-5-17(10,14)15/h2-3,6H,4-5H2,1H3. The molecule has 2 aromatic heterocycles. The van der Waals surface area contributed by atoms with E-state index in [2.05, 4.69) is 10.1 Å². The van der Waals surface area contributed by atoms with E-state index in [0.29, 0.717) is 5.75 Å². The monoisotopic (exact) mass is 291 g/mol. The van der Waals surface area contributed by atoms with Gasteiger partial charge in [-0.05, 0) is 13.0 Å². The van der Waals surface area contributed by atoms with Crippen LogP contribution in [0.2, 0.25) is 0 Å². The molecule has 0 aliphatic heterocycles. The van der Waals surface area contributed by atoms with Gasteiger partial charge in [-0.15, -0.1) is 11.8 Å². The van der Waals surface area contributed by atoms with Gasteiger partial charge in [-0.2, -0.15) is 5.10 Å². The van der Waals surface area contributed by atoms with E-state index in [0.717, 1.165) is 16.2 Å². The normalized spacial score (nSPS) is 12.1. The van der Waals surface area contributed by atoms with Crippen molar-refractivity contribution in [1.29, 1.82) is 0 Å². The van der Waals surface area contributed by atoms with Crippen molar-refractivity contribution < 1.29 is 8.42 Å². The van der Waals surface area contributed by atoms with E-state index < -0.39 is 9.05 Å². The highest BCUT2D eigenvalue weighted by Gasteiger charge is 2.09. The lowest BCUT2D eigenvalue weighted by Crippen LogP contribution is -2.00. The summed E-state index contributed by atoms with van der Waals surface area (Å²) in [6, 6.07) is 1.91. The largest absolute Gasteiger partial charge is 0.246 e. The molecule has 0 atom stereocenters. The number of halogens is 1. The van der Waals surface area contributed by atoms with Gasteiger partial charge in [-0.3, -0.25) is 0 Å². The van der Waals surface area contributed by atoms with Crippen molar-refractivity contribution in [2.75, 3.05) is 11.5 Å². The molecular formula is C9H10ClN3O2S2. The first-order valence-corrected chi connectivity index (χ1v) is 8.28. The minimum Gasteiger partial charge on any atom is -0.246 e. The lowest BCUT2D eigenvalue weighted by Gasteiger charge is -2.01. The fourth-order valence-corrected chi connectivity index (χ4v) is 3.70. The summed E-state index contributed by atoms with van der Waals surface area (Å²) in [4.78, 5) is 4.20. The molecule has 0 spiro atoms. The summed E-state index contributed by atoms with van der Waals surface area (Å²) in [6.45, 7) is 1.89. The molecule has 0 radical (unpaired) electrons. The van der Waals surface area contributed by atoms with Crippen LogP contribution in [-0.2, 0) is 9.05 Å². The molecule has 2 rings (SSSR count). The van der Waals surface area contributed by atoms with Crippen LogP contribution in [0.1, 0.15) is 5.69 Å². The minimum absolute atomic E-state index is 0.0743. The Bertz CT molecular complexity index is 639. The topological polar surface area (TPSA) is 64.3 Å². The summed E-state index contributed by atoms with van der Waals surface area (Å²) >= 11 is 1.35. The smallest absolute Gasteiger partial charge is 0.233 e. The molecular weight excluding hydrogens is 282 g/mol. The molecule has 5 nitrogen and oxygen atoms in total. The van der Waals surface area contributed by atoms with Gasteiger partial charge in [-0.1, -0.05) is 0 Å². The molecule has 0 bridgehead atoms. The Balaban J connectivity index is 2.18. The van der Waals surface area contributed by atoms with Crippen LogP contribution in [-0.4, -0.2) is 34.5 Å². The van der Waals surface area contributed by atoms with Crippen LogP contribution in [0.3, 0.4) is 0 Å². The van der Waals surface area contributed by atoms with Crippen molar-refractivity contribution in [2.24, 2.45) is 0 Å². The van der Waals surface area contributed by atoms with Crippen molar-refractivity contribution >= 4 is 37.0 Å². The predicted molar refractivity (Wildman–Crippen MR) is 68.1 cm³/mol. The van der Waals surface area contributed by atoms with Gasteiger partial charge in [0.15, 0.2) is 0 Å². The third kappa shape index (κ3) is 3.34. The van der Waals surface area contributed by atoms with E-state index in [1.54, 1.807) is 16.9 Å². The van der Waals surface area contributed by atoms with E-state index in [9.17, 15) is 8.42 Å². The van der Waals surface area contributed by atoms with E-state index in [1.807, 2.05) is 13.0 Å². The Morgan fingerprint density at radius 1 is 1.53 bits per heavy atom. The van der Waals surface area contributed by atoms with Gasteiger partial charge in [0.25, 0.3) is 0 Å². The Labute approximate surface area is 108 Å². The SMILES string of the molecule is Cc1cc2c(SCCS(=O)(=O)Cl)nccn2n1. The van der Waals surface area contributed by atoms with E-state index in [4.69, 9.17) is 10.7 Å². The second-order valence-electron chi connectivity index (χ2n) is 3.44. The summed E-state index contributed by atoms with van der Waals surface area (Å²) < 4.78 is 23.3. The van der Waals surface area contributed by atoms with Crippen LogP contribution in [0.25, 0.3) is 5.52 Å². The van der Waals surface area contributed by atoms with Crippen LogP contribution in [0, 0.1) is 6.92 Å². The Hall–Kier alpha value is -0.790. The van der Waals surface area contributed by atoms with Gasteiger partial charge in [0, 0.05) is 28.8 Å². The Kier molecular flexibility index (Phi) is 3.60. The average Bonchev–Trinajstić information content (AvgIpc) is 2.57. The zero-order chi connectivity index (χ0) is 12.5. The second kappa shape index (κ2) is 4.83. The molecule has 0 aliphatic rings. The summed E-state index contributed by atoms with van der Waals surface area (Å²) in [7, 11) is 1.70. The van der Waals surface area contributed by atoms with Gasteiger partial charge >= 0.3 is 0 Å². The molecule has 92 valence electrons. The van der Waals surface area contributed by atoms with Crippen LogP contribution in [0.4, 0.5) is 0 Å². The minimum atomic E-state index is -3.44. The molecule has 0 fully saturated rings. The lowest BCUT2D eigenvalue weighted by atomic mass is 10.4. The van der Waals surface area contributed by atoms with Crippen molar-refractivity contribution in [3.05, 3.63) is 24.2 Å². The van der Waals surface area contributed by atoms with E-state index >= 15 is 0 Å². The number of nitrogens with zero attached hydrogens (tertiary/aromatic N) is 3. The molecule has 0 N–H and O–H groups in total. The summed E-state index contributed by atoms with van der Waals surface area (Å²) in [5.74, 6) is 0.303. The maximum absolute atomic E-state index is 10.8. The average molecular weight is 292 g/mol. The first-order chi connectivity index (χ1) is 7.96. The molecule has 0 unspecified atom stereocenters. The van der Waals surface area contributed by atoms with Crippen LogP contribution < -0.4 is 0 Å². The molecule has 2 aromatic rings. The number of hydrogen-bond donors (Lipinski definition) is 0. The Morgan fingerprint density at radius 3 is 3.00 bits per heavy atom. The first kappa shape index (κ1) is 12.7. The summed E-state index contributed by atoms with van der Waals surface area (Å²) in [5, 5.41) is 5.01.